The lowest BCUT2D eigenvalue weighted by molar-refractivity contribution is -0.159. The van der Waals surface area contributed by atoms with E-state index in [0.717, 1.165) is 0 Å². The molecular weight excluding hydrogens is 445 g/mol. The van der Waals surface area contributed by atoms with Crippen molar-refractivity contribution in [2.24, 2.45) is 7.05 Å². The van der Waals surface area contributed by atoms with E-state index in [0.29, 0.717) is 19.0 Å². The summed E-state index contributed by atoms with van der Waals surface area (Å²) in [6.45, 7) is 1.16. The zero-order valence-electron chi connectivity index (χ0n) is 17.4. The molecular formula is C20H19F3N6O4. The van der Waals surface area contributed by atoms with Crippen LogP contribution in [0.5, 0.6) is 0 Å². The molecule has 1 aliphatic heterocycles. The second kappa shape index (κ2) is 9.02. The van der Waals surface area contributed by atoms with E-state index in [-0.39, 0.29) is 42.1 Å². The van der Waals surface area contributed by atoms with Gasteiger partial charge in [-0.2, -0.15) is 18.2 Å². The second-order valence-corrected chi connectivity index (χ2v) is 7.30. The fraction of sp³-hybridized carbons (Fsp3) is 0.350. The van der Waals surface area contributed by atoms with E-state index in [4.69, 9.17) is 4.74 Å². The molecule has 1 atom stereocenters. The molecule has 3 heterocycles. The summed E-state index contributed by atoms with van der Waals surface area (Å²) < 4.78 is 49.1. The number of morpholine rings is 1. The molecule has 1 aliphatic rings. The van der Waals surface area contributed by atoms with Gasteiger partial charge in [-0.15, -0.1) is 0 Å². The minimum absolute atomic E-state index is 0.149. The Bertz CT molecular complexity index is 1140. The maximum absolute atomic E-state index is 12.8. The van der Waals surface area contributed by atoms with Crippen LogP contribution in [0.4, 0.5) is 13.2 Å². The van der Waals surface area contributed by atoms with Crippen LogP contribution in [-0.4, -0.2) is 68.8 Å². The molecule has 1 fully saturated rings. The number of nitrogens with one attached hydrogen (secondary N) is 1. The molecule has 0 aliphatic carbocycles. The maximum atomic E-state index is 12.8. The Morgan fingerprint density at radius 2 is 2.00 bits per heavy atom. The first kappa shape index (κ1) is 22.5. The number of carbonyl (C=O) groups is 2. The highest BCUT2D eigenvalue weighted by molar-refractivity contribution is 5.95. The SMILES string of the molecule is Cn1ccnc1C(=O)N1CCOCC1CNC(=O)c1ccc(-c2noc(C(F)(F)F)n2)cc1. The molecule has 3 aromatic rings. The monoisotopic (exact) mass is 464 g/mol. The Morgan fingerprint density at radius 3 is 2.64 bits per heavy atom. The fourth-order valence-electron chi connectivity index (χ4n) is 3.33. The zero-order valence-corrected chi connectivity index (χ0v) is 17.4. The molecule has 10 nitrogen and oxygen atoms in total. The topological polar surface area (TPSA) is 115 Å². The number of carbonyl (C=O) groups excluding carboxylic acids is 2. The van der Waals surface area contributed by atoms with Crippen molar-refractivity contribution in [3.8, 4) is 11.4 Å². The summed E-state index contributed by atoms with van der Waals surface area (Å²) in [6, 6.07) is 5.32. The first-order valence-corrected chi connectivity index (χ1v) is 9.89. The summed E-state index contributed by atoms with van der Waals surface area (Å²) in [6.07, 6.45) is -1.53. The average Bonchev–Trinajstić information content (AvgIpc) is 3.47. The lowest BCUT2D eigenvalue weighted by atomic mass is 10.1. The lowest BCUT2D eigenvalue weighted by Crippen LogP contribution is -2.54. The molecule has 4 rings (SSSR count). The number of nitrogens with zero attached hydrogens (tertiary/aromatic N) is 5. The third-order valence-corrected chi connectivity index (χ3v) is 5.07. The molecule has 1 N–H and O–H groups in total. The van der Waals surface area contributed by atoms with Crippen molar-refractivity contribution >= 4 is 11.8 Å². The summed E-state index contributed by atoms with van der Waals surface area (Å²) in [5, 5.41) is 6.07. The fourth-order valence-corrected chi connectivity index (χ4v) is 3.33. The van der Waals surface area contributed by atoms with E-state index in [1.165, 1.54) is 30.5 Å². The van der Waals surface area contributed by atoms with Crippen LogP contribution in [0.1, 0.15) is 26.9 Å². The Balaban J connectivity index is 1.39. The van der Waals surface area contributed by atoms with Gasteiger partial charge < -0.3 is 24.0 Å². The van der Waals surface area contributed by atoms with Gasteiger partial charge in [-0.1, -0.05) is 17.3 Å². The normalized spacial score (nSPS) is 16.6. The number of aryl methyl sites for hydroxylation is 1. The second-order valence-electron chi connectivity index (χ2n) is 7.30. The smallest absolute Gasteiger partial charge is 0.377 e. The van der Waals surface area contributed by atoms with E-state index in [9.17, 15) is 22.8 Å². The van der Waals surface area contributed by atoms with Crippen molar-refractivity contribution in [2.45, 2.75) is 12.2 Å². The number of alkyl halides is 3. The molecule has 2 aromatic heterocycles. The van der Waals surface area contributed by atoms with Gasteiger partial charge in [-0.25, -0.2) is 4.98 Å². The number of halogens is 3. The third kappa shape index (κ3) is 4.87. The number of hydrogen-bond donors (Lipinski definition) is 1. The number of benzene rings is 1. The van der Waals surface area contributed by atoms with Crippen molar-refractivity contribution in [3.63, 3.8) is 0 Å². The molecule has 1 unspecified atom stereocenters. The molecule has 0 bridgehead atoms. The molecule has 0 radical (unpaired) electrons. The van der Waals surface area contributed by atoms with Gasteiger partial charge in [-0.05, 0) is 12.1 Å². The van der Waals surface area contributed by atoms with Gasteiger partial charge in [0.25, 0.3) is 11.8 Å². The minimum Gasteiger partial charge on any atom is -0.377 e. The van der Waals surface area contributed by atoms with Crippen LogP contribution in [0.3, 0.4) is 0 Å². The first-order valence-electron chi connectivity index (χ1n) is 9.89. The highest BCUT2D eigenvalue weighted by Gasteiger charge is 2.38. The van der Waals surface area contributed by atoms with Crippen LogP contribution in [0.2, 0.25) is 0 Å². The first-order chi connectivity index (χ1) is 15.7. The number of ether oxygens (including phenoxy) is 1. The molecule has 0 saturated carbocycles. The van der Waals surface area contributed by atoms with Crippen LogP contribution in [-0.2, 0) is 18.0 Å². The zero-order chi connectivity index (χ0) is 23.6. The van der Waals surface area contributed by atoms with Gasteiger partial charge in [0, 0.05) is 43.7 Å². The summed E-state index contributed by atoms with van der Waals surface area (Å²) in [5.74, 6) is -2.07. The Morgan fingerprint density at radius 1 is 1.24 bits per heavy atom. The number of rotatable bonds is 5. The van der Waals surface area contributed by atoms with Gasteiger partial charge in [0.15, 0.2) is 5.82 Å². The summed E-state index contributed by atoms with van der Waals surface area (Å²) >= 11 is 0. The van der Waals surface area contributed by atoms with Crippen LogP contribution >= 0.6 is 0 Å². The van der Waals surface area contributed by atoms with Crippen molar-refractivity contribution < 1.29 is 32.0 Å². The molecule has 33 heavy (non-hydrogen) atoms. The standard InChI is InChI=1S/C20H19F3N6O4/c1-28-7-6-24-16(28)18(31)29-8-9-32-11-14(29)10-25-17(30)13-4-2-12(3-5-13)15-26-19(33-27-15)20(21,22)23/h2-7,14H,8-11H2,1H3,(H,25,30). The van der Waals surface area contributed by atoms with Crippen LogP contribution in [0.25, 0.3) is 11.4 Å². The Hall–Kier alpha value is -3.74. The van der Waals surface area contributed by atoms with Crippen LogP contribution in [0.15, 0.2) is 41.2 Å². The predicted octanol–water partition coefficient (Wildman–Crippen LogP) is 1.76. The van der Waals surface area contributed by atoms with Gasteiger partial charge in [-0.3, -0.25) is 9.59 Å². The minimum atomic E-state index is -4.74. The molecule has 174 valence electrons. The quantitative estimate of drug-likeness (QED) is 0.612. The van der Waals surface area contributed by atoms with Gasteiger partial charge in [0.1, 0.15) is 0 Å². The van der Waals surface area contributed by atoms with Crippen molar-refractivity contribution in [3.05, 3.63) is 53.9 Å². The Labute approximate surface area is 185 Å². The molecule has 1 aromatic carbocycles. The van der Waals surface area contributed by atoms with E-state index in [1.54, 1.807) is 22.7 Å². The summed E-state index contributed by atoms with van der Waals surface area (Å²) in [5.41, 5.74) is 0.537. The van der Waals surface area contributed by atoms with E-state index in [1.807, 2.05) is 0 Å². The van der Waals surface area contributed by atoms with Crippen LogP contribution < -0.4 is 5.32 Å². The number of imidazole rings is 1. The van der Waals surface area contributed by atoms with Crippen molar-refractivity contribution in [2.75, 3.05) is 26.3 Å². The number of amides is 2. The van der Waals surface area contributed by atoms with E-state index < -0.39 is 18.0 Å². The highest BCUT2D eigenvalue weighted by atomic mass is 19.4. The van der Waals surface area contributed by atoms with E-state index >= 15 is 0 Å². The summed E-state index contributed by atoms with van der Waals surface area (Å²) in [7, 11) is 1.72. The maximum Gasteiger partial charge on any atom is 0.471 e. The average molecular weight is 464 g/mol. The van der Waals surface area contributed by atoms with Gasteiger partial charge >= 0.3 is 12.1 Å². The van der Waals surface area contributed by atoms with Crippen molar-refractivity contribution in [1.82, 2.24) is 29.9 Å². The highest BCUT2D eigenvalue weighted by Crippen LogP contribution is 2.29. The molecule has 0 spiro atoms. The van der Waals surface area contributed by atoms with Gasteiger partial charge in [0.05, 0.1) is 19.3 Å². The van der Waals surface area contributed by atoms with Gasteiger partial charge in [0.2, 0.25) is 5.82 Å². The molecule has 13 heteroatoms. The summed E-state index contributed by atoms with van der Waals surface area (Å²) in [4.78, 5) is 34.4. The third-order valence-electron chi connectivity index (χ3n) is 5.07. The number of hydrogen-bond acceptors (Lipinski definition) is 7. The molecule has 2 amide bonds. The predicted molar refractivity (Wildman–Crippen MR) is 106 cm³/mol. The lowest BCUT2D eigenvalue weighted by Gasteiger charge is -2.35. The molecule has 1 saturated heterocycles. The largest absolute Gasteiger partial charge is 0.471 e. The van der Waals surface area contributed by atoms with E-state index in [2.05, 4.69) is 25.0 Å². The van der Waals surface area contributed by atoms with Crippen molar-refractivity contribution in [1.29, 1.82) is 0 Å². The Kier molecular flexibility index (Phi) is 6.14. The number of aromatic nitrogens is 4. The van der Waals surface area contributed by atoms with Crippen LogP contribution in [0, 0.1) is 0 Å².